The lowest BCUT2D eigenvalue weighted by Gasteiger charge is -2.24. The van der Waals surface area contributed by atoms with Crippen LogP contribution in [0.25, 0.3) is 21.6 Å². The number of ketones is 1. The molecule has 4 aromatic rings. The monoisotopic (exact) mass is 395 g/mol. The Balaban J connectivity index is 2.04. The van der Waals surface area contributed by atoms with Crippen molar-refractivity contribution in [3.63, 3.8) is 0 Å². The van der Waals surface area contributed by atoms with Gasteiger partial charge in [0.15, 0.2) is 5.78 Å². The van der Waals surface area contributed by atoms with Crippen LogP contribution in [-0.2, 0) is 4.79 Å². The minimum Gasteiger partial charge on any atom is -0.344 e. The molecule has 0 fully saturated rings. The zero-order valence-corrected chi connectivity index (χ0v) is 15.7. The minimum atomic E-state index is -0.407. The quantitative estimate of drug-likeness (QED) is 0.525. The molecule has 4 heterocycles. The Labute approximate surface area is 162 Å². The summed E-state index contributed by atoms with van der Waals surface area (Å²) in [5.74, 6) is -0.979. The number of anilines is 2. The number of fused-ring (bicyclic) bond motifs is 1. The molecule has 0 aliphatic carbocycles. The van der Waals surface area contributed by atoms with Crippen molar-refractivity contribution >= 4 is 45.4 Å². The van der Waals surface area contributed by atoms with E-state index in [1.54, 1.807) is 18.5 Å². The van der Waals surface area contributed by atoms with Crippen LogP contribution >= 0.6 is 11.3 Å². The first kappa shape index (κ1) is 17.9. The van der Waals surface area contributed by atoms with Gasteiger partial charge in [0, 0.05) is 36.5 Å². The third-order valence-electron chi connectivity index (χ3n) is 4.22. The Morgan fingerprint density at radius 1 is 1.25 bits per heavy atom. The van der Waals surface area contributed by atoms with Gasteiger partial charge in [0.25, 0.3) is 0 Å². The number of aromatic nitrogens is 4. The summed E-state index contributed by atoms with van der Waals surface area (Å²) < 4.78 is 13.7. The molecular weight excluding hydrogens is 381 g/mol. The number of hydrogen-bond donors (Lipinski definition) is 1. The molecule has 7 nitrogen and oxygen atoms in total. The highest BCUT2D eigenvalue weighted by Crippen LogP contribution is 2.41. The summed E-state index contributed by atoms with van der Waals surface area (Å²) in [4.78, 5) is 42.5. The van der Waals surface area contributed by atoms with Gasteiger partial charge in [-0.15, -0.1) is 11.3 Å². The van der Waals surface area contributed by atoms with Crippen LogP contribution < -0.4 is 4.90 Å². The van der Waals surface area contributed by atoms with Crippen LogP contribution in [0.15, 0.2) is 42.4 Å². The van der Waals surface area contributed by atoms with Gasteiger partial charge in [0.05, 0.1) is 21.6 Å². The number of rotatable bonds is 4. The zero-order valence-electron chi connectivity index (χ0n) is 14.9. The van der Waals surface area contributed by atoms with E-state index < -0.39 is 5.82 Å². The number of amides is 1. The molecule has 1 N–H and O–H groups in total. The van der Waals surface area contributed by atoms with Crippen molar-refractivity contribution in [2.45, 2.75) is 13.8 Å². The van der Waals surface area contributed by atoms with Crippen LogP contribution in [0.5, 0.6) is 0 Å². The fraction of sp³-hybridized carbons (Fsp3) is 0.105. The van der Waals surface area contributed by atoms with E-state index >= 15 is 0 Å². The van der Waals surface area contributed by atoms with Crippen molar-refractivity contribution in [1.82, 2.24) is 19.9 Å². The van der Waals surface area contributed by atoms with Crippen LogP contribution in [-0.4, -0.2) is 31.6 Å². The van der Waals surface area contributed by atoms with Crippen molar-refractivity contribution in [3.8, 4) is 10.6 Å². The van der Waals surface area contributed by atoms with Crippen LogP contribution in [0.3, 0.4) is 0 Å². The van der Waals surface area contributed by atoms with E-state index in [1.165, 1.54) is 42.7 Å². The Hall–Kier alpha value is -3.46. The van der Waals surface area contributed by atoms with Gasteiger partial charge in [-0.25, -0.2) is 14.4 Å². The Morgan fingerprint density at radius 3 is 2.75 bits per heavy atom. The lowest BCUT2D eigenvalue weighted by molar-refractivity contribution is -0.115. The van der Waals surface area contributed by atoms with Crippen molar-refractivity contribution in [2.24, 2.45) is 0 Å². The molecule has 4 aromatic heterocycles. The SMILES string of the molecule is CC(=O)c1ccnc(-c2cc(F)cs2)c1N(C(C)=O)c1c[nH]c2ncncc12. The number of hydrogen-bond acceptors (Lipinski definition) is 6. The number of carbonyl (C=O) groups is 2. The van der Waals surface area contributed by atoms with Gasteiger partial charge in [-0.1, -0.05) is 0 Å². The molecule has 140 valence electrons. The molecule has 0 aliphatic rings. The van der Waals surface area contributed by atoms with Gasteiger partial charge in [-0.2, -0.15) is 0 Å². The maximum Gasteiger partial charge on any atom is 0.228 e. The molecular formula is C19H14FN5O2S. The van der Waals surface area contributed by atoms with Gasteiger partial charge < -0.3 is 4.98 Å². The van der Waals surface area contributed by atoms with Crippen LogP contribution in [0.4, 0.5) is 15.8 Å². The van der Waals surface area contributed by atoms with E-state index in [0.29, 0.717) is 38.5 Å². The molecule has 0 atom stereocenters. The lowest BCUT2D eigenvalue weighted by atomic mass is 10.1. The molecule has 28 heavy (non-hydrogen) atoms. The predicted octanol–water partition coefficient (Wildman–Crippen LogP) is 4.11. The van der Waals surface area contributed by atoms with Crippen LogP contribution in [0.2, 0.25) is 0 Å². The average Bonchev–Trinajstić information content (AvgIpc) is 3.28. The predicted molar refractivity (Wildman–Crippen MR) is 104 cm³/mol. The second-order valence-corrected chi connectivity index (χ2v) is 6.97. The first-order valence-electron chi connectivity index (χ1n) is 8.29. The largest absolute Gasteiger partial charge is 0.344 e. The molecule has 0 saturated heterocycles. The molecule has 0 aromatic carbocycles. The summed E-state index contributed by atoms with van der Waals surface area (Å²) in [6.07, 6.45) is 6.07. The Morgan fingerprint density at radius 2 is 2.07 bits per heavy atom. The summed E-state index contributed by atoms with van der Waals surface area (Å²) in [7, 11) is 0. The van der Waals surface area contributed by atoms with E-state index in [2.05, 4.69) is 19.9 Å². The Bertz CT molecular complexity index is 1220. The van der Waals surface area contributed by atoms with Crippen molar-refractivity contribution < 1.29 is 14.0 Å². The topological polar surface area (TPSA) is 91.8 Å². The zero-order chi connectivity index (χ0) is 19.8. The van der Waals surface area contributed by atoms with Crippen LogP contribution in [0.1, 0.15) is 24.2 Å². The van der Waals surface area contributed by atoms with Gasteiger partial charge >= 0.3 is 0 Å². The second kappa shape index (κ2) is 6.93. The molecule has 4 rings (SSSR count). The first-order chi connectivity index (χ1) is 13.5. The van der Waals surface area contributed by atoms with E-state index in [-0.39, 0.29) is 11.7 Å². The van der Waals surface area contributed by atoms with Gasteiger partial charge in [-0.3, -0.25) is 19.5 Å². The smallest absolute Gasteiger partial charge is 0.228 e. The lowest BCUT2D eigenvalue weighted by Crippen LogP contribution is -2.25. The molecule has 0 saturated carbocycles. The number of aromatic amines is 1. The van der Waals surface area contributed by atoms with Crippen molar-refractivity contribution in [3.05, 3.63) is 53.8 Å². The van der Waals surface area contributed by atoms with Crippen molar-refractivity contribution in [2.75, 3.05) is 4.90 Å². The van der Waals surface area contributed by atoms with Gasteiger partial charge in [-0.05, 0) is 19.1 Å². The third kappa shape index (κ3) is 2.95. The highest BCUT2D eigenvalue weighted by molar-refractivity contribution is 7.13. The number of carbonyl (C=O) groups excluding carboxylic acids is 2. The third-order valence-corrected chi connectivity index (χ3v) is 5.13. The number of H-pyrrole nitrogens is 1. The molecule has 0 aliphatic heterocycles. The van der Waals surface area contributed by atoms with E-state index in [4.69, 9.17) is 0 Å². The van der Waals surface area contributed by atoms with Crippen LogP contribution in [0, 0.1) is 5.82 Å². The number of nitrogens with one attached hydrogen (secondary N) is 1. The molecule has 0 radical (unpaired) electrons. The standard InChI is InChI=1S/C19H14FN5O2S/c1-10(26)13-3-4-22-17(16-5-12(20)8-28-16)18(13)25(11(2)27)15-7-23-19-14(15)6-21-9-24-19/h3-9H,1-2H3,(H,21,23,24). The number of Topliss-reactive ketones (excluding diaryl/α,β-unsaturated/α-hetero) is 1. The number of nitrogens with zero attached hydrogens (tertiary/aromatic N) is 4. The van der Waals surface area contributed by atoms with E-state index in [1.807, 2.05) is 0 Å². The second-order valence-electron chi connectivity index (χ2n) is 6.05. The number of thiophene rings is 1. The molecule has 0 spiro atoms. The van der Waals surface area contributed by atoms with Gasteiger partial charge in [0.2, 0.25) is 5.91 Å². The highest BCUT2D eigenvalue weighted by atomic mass is 32.1. The normalized spacial score (nSPS) is 11.0. The average molecular weight is 395 g/mol. The molecule has 0 bridgehead atoms. The maximum absolute atomic E-state index is 13.7. The van der Waals surface area contributed by atoms with E-state index in [9.17, 15) is 14.0 Å². The molecule has 0 unspecified atom stereocenters. The number of halogens is 1. The van der Waals surface area contributed by atoms with Gasteiger partial charge in [0.1, 0.15) is 23.5 Å². The fourth-order valence-corrected chi connectivity index (χ4v) is 3.81. The van der Waals surface area contributed by atoms with E-state index in [0.717, 1.165) is 11.3 Å². The summed E-state index contributed by atoms with van der Waals surface area (Å²) in [5, 5.41) is 1.96. The van der Waals surface area contributed by atoms with Crippen molar-refractivity contribution in [1.29, 1.82) is 0 Å². The Kier molecular flexibility index (Phi) is 4.44. The molecule has 1 amide bonds. The summed E-state index contributed by atoms with van der Waals surface area (Å²) in [5.41, 5.74) is 1.99. The summed E-state index contributed by atoms with van der Waals surface area (Å²) >= 11 is 1.15. The fourth-order valence-electron chi connectivity index (χ4n) is 3.06. The highest BCUT2D eigenvalue weighted by Gasteiger charge is 2.27. The number of pyridine rings is 1. The first-order valence-corrected chi connectivity index (χ1v) is 9.17. The summed E-state index contributed by atoms with van der Waals surface area (Å²) in [6.45, 7) is 2.80. The minimum absolute atomic E-state index is 0.238. The summed E-state index contributed by atoms with van der Waals surface area (Å²) in [6, 6.07) is 2.88. The molecule has 9 heteroatoms. The maximum atomic E-state index is 13.7.